The molecule has 0 N–H and O–H groups in total. The molecular weight excluding hydrogens is 411 g/mol. The molecule has 1 amide bonds. The first-order valence-corrected chi connectivity index (χ1v) is 10.7. The van der Waals surface area contributed by atoms with Gasteiger partial charge in [0.15, 0.2) is 0 Å². The number of carbonyl (C=O) groups is 1. The number of halogens is 1. The third-order valence-electron chi connectivity index (χ3n) is 5.87. The quantitative estimate of drug-likeness (QED) is 0.630. The van der Waals surface area contributed by atoms with Gasteiger partial charge in [0.2, 0.25) is 5.69 Å². The van der Waals surface area contributed by atoms with E-state index < -0.39 is 23.0 Å². The predicted molar refractivity (Wildman–Crippen MR) is 119 cm³/mol. The highest BCUT2D eigenvalue weighted by atomic mass is 19.1. The van der Waals surface area contributed by atoms with E-state index in [1.807, 2.05) is 19.9 Å². The number of carbonyl (C=O) groups excluding carboxylic acids is 1. The Balaban J connectivity index is 1.89. The molecule has 0 saturated carbocycles. The lowest BCUT2D eigenvalue weighted by molar-refractivity contribution is 0.0712. The smallest absolute Gasteiger partial charge is 0.337 e. The topological polar surface area (TPSA) is 77.2 Å². The van der Waals surface area contributed by atoms with Crippen LogP contribution in [0.25, 0.3) is 5.69 Å². The maximum Gasteiger partial charge on any atom is 0.352 e. The van der Waals surface area contributed by atoms with Crippen molar-refractivity contribution in [2.24, 2.45) is 0 Å². The number of aromatic nitrogens is 3. The summed E-state index contributed by atoms with van der Waals surface area (Å²) in [5.41, 5.74) is 1.13. The lowest BCUT2D eigenvalue weighted by Crippen LogP contribution is -2.47. The van der Waals surface area contributed by atoms with Crippen LogP contribution in [-0.2, 0) is 6.54 Å². The summed E-state index contributed by atoms with van der Waals surface area (Å²) in [6.07, 6.45) is 2.75. The second-order valence-corrected chi connectivity index (χ2v) is 8.19. The van der Waals surface area contributed by atoms with E-state index in [1.54, 1.807) is 23.1 Å². The lowest BCUT2D eigenvalue weighted by atomic mass is 10.1. The molecule has 166 valence electrons. The Morgan fingerprint density at radius 2 is 1.75 bits per heavy atom. The van der Waals surface area contributed by atoms with E-state index >= 15 is 0 Å². The van der Waals surface area contributed by atoms with Crippen LogP contribution in [0.2, 0.25) is 0 Å². The molecule has 0 bridgehead atoms. The Kier molecular flexibility index (Phi) is 6.03. The first-order chi connectivity index (χ1) is 15.3. The van der Waals surface area contributed by atoms with Gasteiger partial charge in [0.1, 0.15) is 5.82 Å². The number of hydrogen-bond donors (Lipinski definition) is 0. The molecule has 4 rings (SSSR count). The molecule has 1 aliphatic rings. The number of piperidine rings is 1. The average molecular weight is 436 g/mol. The highest BCUT2D eigenvalue weighted by molar-refractivity contribution is 5.91. The van der Waals surface area contributed by atoms with Crippen LogP contribution in [-0.4, -0.2) is 38.2 Å². The van der Waals surface area contributed by atoms with E-state index in [2.05, 4.69) is 5.10 Å². The average Bonchev–Trinajstić information content (AvgIpc) is 2.79. The molecule has 1 fully saturated rings. The van der Waals surface area contributed by atoms with E-state index in [1.165, 1.54) is 18.2 Å². The largest absolute Gasteiger partial charge is 0.352 e. The molecule has 3 aromatic rings. The molecule has 0 unspecified atom stereocenters. The lowest BCUT2D eigenvalue weighted by Gasteiger charge is -2.26. The first-order valence-electron chi connectivity index (χ1n) is 10.7. The molecule has 1 saturated heterocycles. The summed E-state index contributed by atoms with van der Waals surface area (Å²) in [5, 5.41) is 4.21. The van der Waals surface area contributed by atoms with Crippen LogP contribution in [0.3, 0.4) is 0 Å². The summed E-state index contributed by atoms with van der Waals surface area (Å²) in [4.78, 5) is 41.3. The molecular formula is C24H25FN4O3. The van der Waals surface area contributed by atoms with Crippen LogP contribution >= 0.6 is 0 Å². The molecule has 2 heterocycles. The van der Waals surface area contributed by atoms with Crippen molar-refractivity contribution in [1.82, 2.24) is 19.2 Å². The number of benzene rings is 2. The fourth-order valence-electron chi connectivity index (χ4n) is 3.88. The van der Waals surface area contributed by atoms with E-state index in [0.717, 1.165) is 39.6 Å². The normalized spacial score (nSPS) is 13.9. The highest BCUT2D eigenvalue weighted by Crippen LogP contribution is 2.14. The van der Waals surface area contributed by atoms with Crippen molar-refractivity contribution in [3.8, 4) is 5.69 Å². The van der Waals surface area contributed by atoms with Crippen molar-refractivity contribution in [2.75, 3.05) is 13.1 Å². The van der Waals surface area contributed by atoms with Gasteiger partial charge in [-0.3, -0.25) is 14.2 Å². The Hall–Kier alpha value is -3.55. The van der Waals surface area contributed by atoms with E-state index in [-0.39, 0.29) is 12.2 Å². The van der Waals surface area contributed by atoms with Crippen LogP contribution in [0, 0.1) is 19.7 Å². The highest BCUT2D eigenvalue weighted by Gasteiger charge is 2.26. The van der Waals surface area contributed by atoms with Gasteiger partial charge >= 0.3 is 5.69 Å². The van der Waals surface area contributed by atoms with E-state index in [4.69, 9.17) is 0 Å². The van der Waals surface area contributed by atoms with Gasteiger partial charge in [0, 0.05) is 13.1 Å². The van der Waals surface area contributed by atoms with Gasteiger partial charge in [-0.05, 0) is 74.1 Å². The second-order valence-electron chi connectivity index (χ2n) is 8.19. The summed E-state index contributed by atoms with van der Waals surface area (Å²) in [5.74, 6) is -0.955. The number of amides is 1. The van der Waals surface area contributed by atoms with Crippen LogP contribution < -0.4 is 11.2 Å². The maximum absolute atomic E-state index is 13.7. The van der Waals surface area contributed by atoms with Crippen molar-refractivity contribution in [3.05, 3.63) is 91.5 Å². The molecule has 2 aromatic carbocycles. The van der Waals surface area contributed by atoms with Gasteiger partial charge in [-0.2, -0.15) is 9.78 Å². The number of likely N-dealkylation sites (tertiary alicyclic amines) is 1. The van der Waals surface area contributed by atoms with Crippen molar-refractivity contribution < 1.29 is 9.18 Å². The minimum Gasteiger partial charge on any atom is -0.337 e. The fourth-order valence-corrected chi connectivity index (χ4v) is 3.88. The summed E-state index contributed by atoms with van der Waals surface area (Å²) in [7, 11) is 0. The molecule has 0 spiro atoms. The summed E-state index contributed by atoms with van der Waals surface area (Å²) < 4.78 is 15.7. The number of rotatable bonds is 4. The molecule has 0 radical (unpaired) electrons. The molecule has 1 aromatic heterocycles. The third kappa shape index (κ3) is 4.26. The molecule has 0 atom stereocenters. The van der Waals surface area contributed by atoms with E-state index in [9.17, 15) is 18.8 Å². The van der Waals surface area contributed by atoms with Crippen molar-refractivity contribution >= 4 is 5.91 Å². The number of hydrogen-bond acceptors (Lipinski definition) is 4. The predicted octanol–water partition coefficient (Wildman–Crippen LogP) is 2.82. The van der Waals surface area contributed by atoms with Gasteiger partial charge in [-0.15, -0.1) is 0 Å². The van der Waals surface area contributed by atoms with Gasteiger partial charge in [0.05, 0.1) is 12.2 Å². The van der Waals surface area contributed by atoms with Gasteiger partial charge in [-0.25, -0.2) is 9.18 Å². The summed E-state index contributed by atoms with van der Waals surface area (Å²) in [6.45, 7) is 4.79. The number of nitrogens with zero attached hydrogens (tertiary/aromatic N) is 4. The van der Waals surface area contributed by atoms with E-state index in [0.29, 0.717) is 24.3 Å². The molecule has 1 aliphatic heterocycles. The van der Waals surface area contributed by atoms with Gasteiger partial charge in [0.25, 0.3) is 11.5 Å². The Bertz CT molecular complexity index is 1290. The third-order valence-corrected chi connectivity index (χ3v) is 5.87. The number of aryl methyl sites for hydroxylation is 2. The van der Waals surface area contributed by atoms with Crippen LogP contribution in [0.1, 0.15) is 46.4 Å². The van der Waals surface area contributed by atoms with Crippen LogP contribution in [0.5, 0.6) is 0 Å². The molecule has 7 nitrogen and oxygen atoms in total. The van der Waals surface area contributed by atoms with Crippen LogP contribution in [0.15, 0.2) is 52.1 Å². The Morgan fingerprint density at radius 3 is 2.44 bits per heavy atom. The first kappa shape index (κ1) is 21.7. The standard InChI is InChI=1S/C24H25FN4O3/c1-16-9-10-20(13-17(16)2)29-24(32)28(15-18-7-6-8-19(25)14-18)23(31)21(26-29)22(30)27-11-4-3-5-12-27/h6-10,13-14H,3-5,11-12,15H2,1-2H3. The molecule has 32 heavy (non-hydrogen) atoms. The Morgan fingerprint density at radius 1 is 1.00 bits per heavy atom. The maximum atomic E-state index is 13.7. The summed E-state index contributed by atoms with van der Waals surface area (Å²) >= 11 is 0. The summed E-state index contributed by atoms with van der Waals surface area (Å²) in [6, 6.07) is 11.1. The minimum atomic E-state index is -0.769. The Labute approximate surface area is 184 Å². The van der Waals surface area contributed by atoms with Gasteiger partial charge in [-0.1, -0.05) is 18.2 Å². The van der Waals surface area contributed by atoms with Crippen molar-refractivity contribution in [3.63, 3.8) is 0 Å². The van der Waals surface area contributed by atoms with Crippen LogP contribution in [0.4, 0.5) is 4.39 Å². The monoisotopic (exact) mass is 436 g/mol. The van der Waals surface area contributed by atoms with Crippen molar-refractivity contribution in [2.45, 2.75) is 39.7 Å². The molecule has 8 heteroatoms. The zero-order valence-corrected chi connectivity index (χ0v) is 18.2. The van der Waals surface area contributed by atoms with Crippen molar-refractivity contribution in [1.29, 1.82) is 0 Å². The second kappa shape index (κ2) is 8.90. The zero-order valence-electron chi connectivity index (χ0n) is 18.2. The molecule has 0 aliphatic carbocycles. The van der Waals surface area contributed by atoms with Gasteiger partial charge < -0.3 is 4.90 Å². The minimum absolute atomic E-state index is 0.164. The SMILES string of the molecule is Cc1ccc(-n2nc(C(=O)N3CCCCC3)c(=O)n(Cc3cccc(F)c3)c2=O)cc1C. The zero-order chi connectivity index (χ0) is 22.8. The fraction of sp³-hybridized carbons (Fsp3) is 0.333.